The predicted molar refractivity (Wildman–Crippen MR) is 99.2 cm³/mol. The van der Waals surface area contributed by atoms with Crippen molar-refractivity contribution < 1.29 is 4.79 Å². The van der Waals surface area contributed by atoms with Gasteiger partial charge in [0.2, 0.25) is 0 Å². The fourth-order valence-electron chi connectivity index (χ4n) is 3.07. The summed E-state index contributed by atoms with van der Waals surface area (Å²) >= 11 is 1.42. The first-order valence-corrected chi connectivity index (χ1v) is 8.71. The van der Waals surface area contributed by atoms with Crippen molar-refractivity contribution in [2.75, 3.05) is 0 Å². The van der Waals surface area contributed by atoms with Crippen LogP contribution in [0.1, 0.15) is 25.7 Å². The Morgan fingerprint density at radius 3 is 2.72 bits per heavy atom. The minimum Gasteiger partial charge on any atom is -0.365 e. The van der Waals surface area contributed by atoms with Gasteiger partial charge in [-0.25, -0.2) is 9.97 Å². The molecule has 5 nitrogen and oxygen atoms in total. The normalized spacial score (nSPS) is 11.1. The van der Waals surface area contributed by atoms with Crippen molar-refractivity contribution in [1.29, 1.82) is 0 Å². The maximum absolute atomic E-state index is 12.0. The van der Waals surface area contributed by atoms with Crippen LogP contribution in [-0.4, -0.2) is 20.4 Å². The number of rotatable bonds is 4. The van der Waals surface area contributed by atoms with Gasteiger partial charge in [-0.1, -0.05) is 30.3 Å². The van der Waals surface area contributed by atoms with Gasteiger partial charge >= 0.3 is 0 Å². The average molecular weight is 348 g/mol. The molecule has 1 aromatic carbocycles. The van der Waals surface area contributed by atoms with Crippen molar-refractivity contribution in [2.45, 2.75) is 13.3 Å². The second-order valence-electron chi connectivity index (χ2n) is 5.80. The van der Waals surface area contributed by atoms with Crippen LogP contribution in [0, 0.1) is 6.92 Å². The summed E-state index contributed by atoms with van der Waals surface area (Å²) in [6.45, 7) is 2.00. The number of nitrogens with two attached hydrogens (primary N) is 1. The van der Waals surface area contributed by atoms with Crippen molar-refractivity contribution in [3.8, 4) is 5.69 Å². The van der Waals surface area contributed by atoms with E-state index in [0.717, 1.165) is 32.9 Å². The van der Waals surface area contributed by atoms with Crippen LogP contribution in [0.15, 0.2) is 55.0 Å². The molecule has 1 amide bonds. The number of aromatic nitrogens is 3. The molecule has 4 rings (SSSR count). The van der Waals surface area contributed by atoms with Crippen LogP contribution in [0.3, 0.4) is 0 Å². The summed E-state index contributed by atoms with van der Waals surface area (Å²) in [5.74, 6) is -0.400. The van der Waals surface area contributed by atoms with Crippen LogP contribution in [-0.2, 0) is 6.42 Å². The van der Waals surface area contributed by atoms with E-state index in [4.69, 9.17) is 5.73 Å². The molecule has 3 aromatic heterocycles. The van der Waals surface area contributed by atoms with E-state index >= 15 is 0 Å². The van der Waals surface area contributed by atoms with Crippen LogP contribution in [0.4, 0.5) is 0 Å². The minimum atomic E-state index is -0.400. The molecule has 0 atom stereocenters. The summed E-state index contributed by atoms with van der Waals surface area (Å²) in [5.41, 5.74) is 10.2. The highest BCUT2D eigenvalue weighted by Crippen LogP contribution is 2.34. The summed E-state index contributed by atoms with van der Waals surface area (Å²) in [4.78, 5) is 22.5. The number of carbonyl (C=O) groups excluding carboxylic acids is 1. The third kappa shape index (κ3) is 2.70. The molecule has 2 N–H and O–H groups in total. The van der Waals surface area contributed by atoms with E-state index in [2.05, 4.69) is 9.97 Å². The number of amides is 1. The Kier molecular flexibility index (Phi) is 3.82. The average Bonchev–Trinajstić information content (AvgIpc) is 3.17. The number of thiophene rings is 1. The van der Waals surface area contributed by atoms with E-state index in [1.807, 2.05) is 54.0 Å². The Balaban J connectivity index is 1.94. The lowest BCUT2D eigenvalue weighted by Crippen LogP contribution is -2.12. The number of imidazole rings is 1. The third-order valence-corrected chi connectivity index (χ3v) is 5.29. The molecule has 3 heterocycles. The number of hydrogen-bond acceptors (Lipinski definition) is 4. The molecule has 0 aliphatic heterocycles. The van der Waals surface area contributed by atoms with Gasteiger partial charge in [-0.2, -0.15) is 0 Å². The van der Waals surface area contributed by atoms with Gasteiger partial charge in [-0.05, 0) is 24.6 Å². The molecule has 6 heteroatoms. The Hall–Kier alpha value is -2.99. The molecule has 4 aromatic rings. The molecule has 0 saturated carbocycles. The highest BCUT2D eigenvalue weighted by molar-refractivity contribution is 7.14. The minimum absolute atomic E-state index is 0.400. The smallest absolute Gasteiger partial charge is 0.259 e. The number of aryl methyl sites for hydroxylation is 1. The third-order valence-electron chi connectivity index (χ3n) is 4.14. The van der Waals surface area contributed by atoms with Crippen LogP contribution < -0.4 is 5.73 Å². The number of primary amides is 1. The molecule has 0 aliphatic carbocycles. The number of hydrogen-bond donors (Lipinski definition) is 1. The topological polar surface area (TPSA) is 73.8 Å². The number of carbonyl (C=O) groups is 1. The van der Waals surface area contributed by atoms with Gasteiger partial charge in [0.15, 0.2) is 5.65 Å². The molecule has 0 spiro atoms. The highest BCUT2D eigenvalue weighted by atomic mass is 32.1. The number of benzene rings is 1. The second-order valence-corrected chi connectivity index (χ2v) is 7.03. The summed E-state index contributed by atoms with van der Waals surface area (Å²) < 4.78 is 1.95. The maximum atomic E-state index is 12.0. The predicted octanol–water partition coefficient (Wildman–Crippen LogP) is 3.48. The molecular formula is C19H16N4OS. The zero-order valence-electron chi connectivity index (χ0n) is 13.6. The Labute approximate surface area is 148 Å². The fraction of sp³-hybridized carbons (Fsp3) is 0.105. The van der Waals surface area contributed by atoms with E-state index in [1.165, 1.54) is 11.3 Å². The molecule has 0 radical (unpaired) electrons. The zero-order valence-corrected chi connectivity index (χ0v) is 14.5. The van der Waals surface area contributed by atoms with E-state index in [-0.39, 0.29) is 0 Å². The van der Waals surface area contributed by atoms with Crippen LogP contribution in [0.2, 0.25) is 0 Å². The molecule has 0 unspecified atom stereocenters. The monoisotopic (exact) mass is 348 g/mol. The molecule has 0 saturated heterocycles. The van der Waals surface area contributed by atoms with Gasteiger partial charge in [0.05, 0.1) is 10.6 Å². The van der Waals surface area contributed by atoms with Gasteiger partial charge < -0.3 is 5.73 Å². The Morgan fingerprint density at radius 1 is 1.16 bits per heavy atom. The molecule has 124 valence electrons. The SMILES string of the molecule is Cc1sc(C(N)=O)c(Cc2ccccc2)c1-n1cnc2cccnc21. The van der Waals surface area contributed by atoms with Gasteiger partial charge in [0.1, 0.15) is 11.8 Å². The zero-order chi connectivity index (χ0) is 17.4. The van der Waals surface area contributed by atoms with Gasteiger partial charge in [-0.3, -0.25) is 9.36 Å². The summed E-state index contributed by atoms with van der Waals surface area (Å²) in [5, 5.41) is 0. The van der Waals surface area contributed by atoms with Gasteiger partial charge in [0, 0.05) is 23.1 Å². The lowest BCUT2D eigenvalue weighted by Gasteiger charge is -2.09. The summed E-state index contributed by atoms with van der Waals surface area (Å²) in [7, 11) is 0. The lowest BCUT2D eigenvalue weighted by molar-refractivity contribution is 0.100. The first-order chi connectivity index (χ1) is 12.1. The summed E-state index contributed by atoms with van der Waals surface area (Å²) in [6, 6.07) is 13.8. The molecular weight excluding hydrogens is 332 g/mol. The standard InChI is InChI=1S/C19H16N4OS/c1-12-16(23-11-22-15-8-5-9-21-19(15)23)14(17(25-12)18(20)24)10-13-6-3-2-4-7-13/h2-9,11H,10H2,1H3,(H2,20,24). The van der Waals surface area contributed by atoms with Gasteiger partial charge in [-0.15, -0.1) is 11.3 Å². The van der Waals surface area contributed by atoms with E-state index in [0.29, 0.717) is 11.3 Å². The Morgan fingerprint density at radius 2 is 1.96 bits per heavy atom. The molecule has 0 fully saturated rings. The van der Waals surface area contributed by atoms with Gasteiger partial charge in [0.25, 0.3) is 5.91 Å². The maximum Gasteiger partial charge on any atom is 0.259 e. The van der Waals surface area contributed by atoms with Crippen molar-refractivity contribution in [3.63, 3.8) is 0 Å². The van der Waals surface area contributed by atoms with E-state index in [9.17, 15) is 4.79 Å². The van der Waals surface area contributed by atoms with Crippen molar-refractivity contribution in [3.05, 3.63) is 75.9 Å². The second kappa shape index (κ2) is 6.14. The largest absolute Gasteiger partial charge is 0.365 e. The first kappa shape index (κ1) is 15.5. The van der Waals surface area contributed by atoms with Crippen molar-refractivity contribution >= 4 is 28.4 Å². The molecule has 25 heavy (non-hydrogen) atoms. The number of fused-ring (bicyclic) bond motifs is 1. The quantitative estimate of drug-likeness (QED) is 0.613. The number of nitrogens with zero attached hydrogens (tertiary/aromatic N) is 3. The van der Waals surface area contributed by atoms with E-state index < -0.39 is 5.91 Å². The lowest BCUT2D eigenvalue weighted by atomic mass is 10.0. The fourth-order valence-corrected chi connectivity index (χ4v) is 4.09. The van der Waals surface area contributed by atoms with Crippen LogP contribution in [0.5, 0.6) is 0 Å². The van der Waals surface area contributed by atoms with E-state index in [1.54, 1.807) is 12.5 Å². The van der Waals surface area contributed by atoms with Crippen LogP contribution in [0.25, 0.3) is 16.9 Å². The molecule has 0 aliphatic rings. The highest BCUT2D eigenvalue weighted by Gasteiger charge is 2.22. The van der Waals surface area contributed by atoms with Crippen molar-refractivity contribution in [2.24, 2.45) is 5.73 Å². The molecule has 0 bridgehead atoms. The number of pyridine rings is 1. The van der Waals surface area contributed by atoms with Crippen molar-refractivity contribution in [1.82, 2.24) is 14.5 Å². The van der Waals surface area contributed by atoms with Crippen LogP contribution >= 0.6 is 11.3 Å². The Bertz CT molecular complexity index is 1070. The summed E-state index contributed by atoms with van der Waals surface area (Å²) in [6.07, 6.45) is 4.13. The first-order valence-electron chi connectivity index (χ1n) is 7.89.